The van der Waals surface area contributed by atoms with Crippen LogP contribution in [-0.2, 0) is 7.05 Å². The number of hydrogen-bond donors (Lipinski definition) is 0. The number of aromatic nitrogens is 2. The summed E-state index contributed by atoms with van der Waals surface area (Å²) in [6, 6.07) is 3.66. The van der Waals surface area contributed by atoms with E-state index < -0.39 is 0 Å². The monoisotopic (exact) mass is 252 g/mol. The van der Waals surface area contributed by atoms with Gasteiger partial charge in [-0.3, -0.25) is 0 Å². The number of benzene rings is 1. The topological polar surface area (TPSA) is 36.3 Å². The summed E-state index contributed by atoms with van der Waals surface area (Å²) in [5, 5.41) is 0.504. The van der Waals surface area contributed by atoms with Crippen molar-refractivity contribution in [1.82, 2.24) is 9.55 Å². The summed E-state index contributed by atoms with van der Waals surface area (Å²) in [6.07, 6.45) is 3.61. The van der Waals surface area contributed by atoms with E-state index in [1.165, 1.54) is 0 Å². The first kappa shape index (κ1) is 11.8. The van der Waals surface area contributed by atoms with Gasteiger partial charge < -0.3 is 14.0 Å². The molecular weight excluding hydrogens is 240 g/mol. The largest absolute Gasteiger partial charge is 0.493 e. The third kappa shape index (κ3) is 2.08. The lowest BCUT2D eigenvalue weighted by atomic mass is 10.2. The highest BCUT2D eigenvalue weighted by molar-refractivity contribution is 6.32. The summed E-state index contributed by atoms with van der Waals surface area (Å²) in [5.41, 5.74) is 0.889. The molecule has 0 spiro atoms. The summed E-state index contributed by atoms with van der Waals surface area (Å²) < 4.78 is 12.3. The maximum absolute atomic E-state index is 6.14. The minimum Gasteiger partial charge on any atom is -0.493 e. The van der Waals surface area contributed by atoms with E-state index in [1.807, 2.05) is 29.9 Å². The molecule has 2 aromatic rings. The molecule has 90 valence electrons. The molecule has 1 aromatic heterocycles. The molecule has 17 heavy (non-hydrogen) atoms. The zero-order valence-electron chi connectivity index (χ0n) is 9.90. The lowest BCUT2D eigenvalue weighted by Crippen LogP contribution is -1.95. The zero-order valence-corrected chi connectivity index (χ0v) is 10.7. The smallest absolute Gasteiger partial charge is 0.179 e. The van der Waals surface area contributed by atoms with E-state index in [-0.39, 0.29) is 0 Å². The average Bonchev–Trinajstić information content (AvgIpc) is 2.74. The van der Waals surface area contributed by atoms with Crippen molar-refractivity contribution in [2.45, 2.75) is 0 Å². The summed E-state index contributed by atoms with van der Waals surface area (Å²) in [5.74, 6) is 1.96. The molecule has 0 saturated heterocycles. The molecule has 1 aromatic carbocycles. The molecule has 0 amide bonds. The van der Waals surface area contributed by atoms with Crippen molar-refractivity contribution in [3.63, 3.8) is 0 Å². The second kappa shape index (κ2) is 4.67. The Labute approximate surface area is 105 Å². The van der Waals surface area contributed by atoms with E-state index in [2.05, 4.69) is 4.98 Å². The first-order valence-corrected chi connectivity index (χ1v) is 5.44. The second-order valence-electron chi connectivity index (χ2n) is 3.56. The minimum atomic E-state index is 0.504. The molecule has 0 N–H and O–H groups in total. The van der Waals surface area contributed by atoms with Crippen molar-refractivity contribution in [1.29, 1.82) is 0 Å². The highest BCUT2D eigenvalue weighted by Gasteiger charge is 2.13. The van der Waals surface area contributed by atoms with Crippen LogP contribution in [0.25, 0.3) is 11.4 Å². The van der Waals surface area contributed by atoms with Crippen molar-refractivity contribution < 1.29 is 9.47 Å². The van der Waals surface area contributed by atoms with Crippen molar-refractivity contribution in [2.24, 2.45) is 7.05 Å². The molecule has 0 saturated carbocycles. The van der Waals surface area contributed by atoms with Crippen LogP contribution in [0.3, 0.4) is 0 Å². The van der Waals surface area contributed by atoms with Crippen molar-refractivity contribution in [3.8, 4) is 22.9 Å². The van der Waals surface area contributed by atoms with Crippen LogP contribution in [0.4, 0.5) is 0 Å². The SMILES string of the molecule is COc1cc(-c2nccn2C)cc(Cl)c1OC. The van der Waals surface area contributed by atoms with E-state index in [4.69, 9.17) is 21.1 Å². The van der Waals surface area contributed by atoms with Gasteiger partial charge in [-0.1, -0.05) is 11.6 Å². The molecule has 0 aliphatic rings. The molecule has 0 unspecified atom stereocenters. The van der Waals surface area contributed by atoms with Crippen LogP contribution in [0, 0.1) is 0 Å². The molecule has 0 bridgehead atoms. The number of methoxy groups -OCH3 is 2. The van der Waals surface area contributed by atoms with Gasteiger partial charge in [0.2, 0.25) is 0 Å². The number of ether oxygens (including phenoxy) is 2. The second-order valence-corrected chi connectivity index (χ2v) is 3.96. The van der Waals surface area contributed by atoms with Gasteiger partial charge >= 0.3 is 0 Å². The number of halogens is 1. The standard InChI is InChI=1S/C12H13ClN2O2/c1-15-5-4-14-12(15)8-6-9(13)11(17-3)10(7-8)16-2/h4-7H,1-3H3. The van der Waals surface area contributed by atoms with E-state index in [9.17, 15) is 0 Å². The molecule has 0 fully saturated rings. The van der Waals surface area contributed by atoms with Gasteiger partial charge in [0.1, 0.15) is 5.82 Å². The van der Waals surface area contributed by atoms with Gasteiger partial charge in [0, 0.05) is 25.0 Å². The number of rotatable bonds is 3. The molecule has 4 nitrogen and oxygen atoms in total. The Morgan fingerprint density at radius 2 is 2.00 bits per heavy atom. The quantitative estimate of drug-likeness (QED) is 0.843. The van der Waals surface area contributed by atoms with E-state index >= 15 is 0 Å². The van der Waals surface area contributed by atoms with E-state index in [0.717, 1.165) is 11.4 Å². The Balaban J connectivity index is 2.58. The highest BCUT2D eigenvalue weighted by Crippen LogP contribution is 2.38. The summed E-state index contributed by atoms with van der Waals surface area (Å²) >= 11 is 6.14. The average molecular weight is 253 g/mol. The van der Waals surface area contributed by atoms with Crippen molar-refractivity contribution in [3.05, 3.63) is 29.5 Å². The van der Waals surface area contributed by atoms with Crippen LogP contribution >= 0.6 is 11.6 Å². The Bertz CT molecular complexity index is 537. The van der Waals surface area contributed by atoms with Gasteiger partial charge in [0.05, 0.1) is 19.2 Å². The number of hydrogen-bond acceptors (Lipinski definition) is 3. The number of aryl methyl sites for hydroxylation is 1. The normalized spacial score (nSPS) is 10.4. The van der Waals surface area contributed by atoms with Gasteiger partial charge in [-0.25, -0.2) is 4.98 Å². The number of imidazole rings is 1. The maximum atomic E-state index is 6.14. The van der Waals surface area contributed by atoms with Gasteiger partial charge in [0.25, 0.3) is 0 Å². The van der Waals surface area contributed by atoms with Crippen molar-refractivity contribution >= 4 is 11.6 Å². The van der Waals surface area contributed by atoms with E-state index in [0.29, 0.717) is 16.5 Å². The van der Waals surface area contributed by atoms with Crippen LogP contribution in [0.2, 0.25) is 5.02 Å². The van der Waals surface area contributed by atoms with Crippen LogP contribution < -0.4 is 9.47 Å². The molecule has 5 heteroatoms. The lowest BCUT2D eigenvalue weighted by molar-refractivity contribution is 0.355. The molecule has 2 rings (SSSR count). The third-order valence-electron chi connectivity index (χ3n) is 2.51. The molecule has 0 aliphatic carbocycles. The summed E-state index contributed by atoms with van der Waals surface area (Å²) in [4.78, 5) is 4.27. The van der Waals surface area contributed by atoms with Gasteiger partial charge in [0.15, 0.2) is 11.5 Å². The molecule has 0 aliphatic heterocycles. The van der Waals surface area contributed by atoms with Crippen LogP contribution in [0.15, 0.2) is 24.5 Å². The molecule has 0 atom stereocenters. The first-order valence-electron chi connectivity index (χ1n) is 5.06. The van der Waals surface area contributed by atoms with E-state index in [1.54, 1.807) is 20.4 Å². The Morgan fingerprint density at radius 1 is 1.24 bits per heavy atom. The molecular formula is C12H13ClN2O2. The van der Waals surface area contributed by atoms with Gasteiger partial charge in [-0.2, -0.15) is 0 Å². The van der Waals surface area contributed by atoms with Gasteiger partial charge in [-0.05, 0) is 12.1 Å². The van der Waals surface area contributed by atoms with Crippen LogP contribution in [0.1, 0.15) is 0 Å². The minimum absolute atomic E-state index is 0.504. The highest BCUT2D eigenvalue weighted by atomic mass is 35.5. The fraction of sp³-hybridized carbons (Fsp3) is 0.250. The van der Waals surface area contributed by atoms with Crippen LogP contribution in [0.5, 0.6) is 11.5 Å². The number of nitrogens with zero attached hydrogens (tertiary/aromatic N) is 2. The Hall–Kier alpha value is -1.68. The predicted molar refractivity (Wildman–Crippen MR) is 66.8 cm³/mol. The molecule has 0 radical (unpaired) electrons. The van der Waals surface area contributed by atoms with Crippen LogP contribution in [-0.4, -0.2) is 23.8 Å². The fourth-order valence-electron chi connectivity index (χ4n) is 1.69. The third-order valence-corrected chi connectivity index (χ3v) is 2.79. The summed E-state index contributed by atoms with van der Waals surface area (Å²) in [6.45, 7) is 0. The first-order chi connectivity index (χ1) is 8.17. The maximum Gasteiger partial charge on any atom is 0.179 e. The lowest BCUT2D eigenvalue weighted by Gasteiger charge is -2.11. The van der Waals surface area contributed by atoms with Crippen molar-refractivity contribution in [2.75, 3.05) is 14.2 Å². The van der Waals surface area contributed by atoms with Gasteiger partial charge in [-0.15, -0.1) is 0 Å². The Morgan fingerprint density at radius 3 is 2.53 bits per heavy atom. The molecule has 1 heterocycles. The zero-order chi connectivity index (χ0) is 12.4. The Kier molecular flexibility index (Phi) is 3.24. The predicted octanol–water partition coefficient (Wildman–Crippen LogP) is 2.76. The summed E-state index contributed by atoms with van der Waals surface area (Å²) in [7, 11) is 5.06. The fourth-order valence-corrected chi connectivity index (χ4v) is 1.98.